The van der Waals surface area contributed by atoms with E-state index in [-0.39, 0.29) is 11.3 Å². The van der Waals surface area contributed by atoms with E-state index in [1.165, 1.54) is 29.8 Å². The SMILES string of the molecule is CCCc1ccc(-c2ccc3c(F)c(C#Cc4ccc(OCC(F)(F)F)cc4)ccc3c2)cc1. The second-order valence-electron chi connectivity index (χ2n) is 7.99. The first kappa shape index (κ1) is 23.4. The van der Waals surface area contributed by atoms with Gasteiger partial charge >= 0.3 is 6.18 Å². The monoisotopic (exact) mass is 462 g/mol. The van der Waals surface area contributed by atoms with Crippen molar-refractivity contribution in [1.82, 2.24) is 0 Å². The molecule has 0 fully saturated rings. The molecule has 34 heavy (non-hydrogen) atoms. The molecular weight excluding hydrogens is 440 g/mol. The second-order valence-corrected chi connectivity index (χ2v) is 7.99. The number of ether oxygens (including phenoxy) is 1. The molecule has 4 aromatic rings. The standard InChI is InChI=1S/C29H22F4O/c1-2-3-20-4-9-22(10-5-20)24-14-17-27-25(18-24)13-12-23(28(27)30)11-6-21-7-15-26(16-8-21)34-19-29(31,32)33/h4-5,7-10,12-18H,2-3,19H2,1H3. The minimum absolute atomic E-state index is 0.0931. The maximum Gasteiger partial charge on any atom is 0.422 e. The van der Waals surface area contributed by atoms with Gasteiger partial charge in [0, 0.05) is 10.9 Å². The van der Waals surface area contributed by atoms with Crippen molar-refractivity contribution >= 4 is 10.8 Å². The molecule has 0 N–H and O–H groups in total. The summed E-state index contributed by atoms with van der Waals surface area (Å²) in [6.45, 7) is 0.796. The number of alkyl halides is 3. The Balaban J connectivity index is 1.53. The summed E-state index contributed by atoms with van der Waals surface area (Å²) < 4.78 is 56.5. The number of hydrogen-bond acceptors (Lipinski definition) is 1. The molecule has 172 valence electrons. The van der Waals surface area contributed by atoms with Gasteiger partial charge in [-0.1, -0.05) is 67.6 Å². The summed E-state index contributed by atoms with van der Waals surface area (Å²) in [6.07, 6.45) is -2.25. The zero-order chi connectivity index (χ0) is 24.1. The molecule has 4 rings (SSSR count). The van der Waals surface area contributed by atoms with Crippen LogP contribution >= 0.6 is 0 Å². The van der Waals surface area contributed by atoms with Gasteiger partial charge in [0.2, 0.25) is 0 Å². The average molecular weight is 462 g/mol. The smallest absolute Gasteiger partial charge is 0.422 e. The van der Waals surface area contributed by atoms with Crippen molar-refractivity contribution in [2.75, 3.05) is 6.61 Å². The highest BCUT2D eigenvalue weighted by Crippen LogP contribution is 2.28. The van der Waals surface area contributed by atoms with Crippen LogP contribution in [0, 0.1) is 17.7 Å². The van der Waals surface area contributed by atoms with E-state index >= 15 is 4.39 Å². The van der Waals surface area contributed by atoms with Gasteiger partial charge in [0.05, 0.1) is 5.56 Å². The van der Waals surface area contributed by atoms with Crippen molar-refractivity contribution < 1.29 is 22.3 Å². The highest BCUT2D eigenvalue weighted by molar-refractivity contribution is 5.89. The van der Waals surface area contributed by atoms with E-state index in [2.05, 4.69) is 47.8 Å². The van der Waals surface area contributed by atoms with Crippen molar-refractivity contribution in [1.29, 1.82) is 0 Å². The Labute approximate surface area is 196 Å². The van der Waals surface area contributed by atoms with Crippen molar-refractivity contribution in [3.05, 3.63) is 101 Å². The van der Waals surface area contributed by atoms with E-state index in [1.54, 1.807) is 12.1 Å². The van der Waals surface area contributed by atoms with E-state index in [0.717, 1.165) is 29.4 Å². The van der Waals surface area contributed by atoms with Crippen LogP contribution in [-0.4, -0.2) is 12.8 Å². The van der Waals surface area contributed by atoms with Crippen LogP contribution in [0.15, 0.2) is 78.9 Å². The van der Waals surface area contributed by atoms with Gasteiger partial charge in [-0.2, -0.15) is 13.2 Å². The molecular formula is C29H22F4O. The Kier molecular flexibility index (Phi) is 6.88. The fourth-order valence-electron chi connectivity index (χ4n) is 3.66. The third-order valence-electron chi connectivity index (χ3n) is 5.38. The quantitative estimate of drug-likeness (QED) is 0.216. The van der Waals surface area contributed by atoms with Crippen LogP contribution in [0.2, 0.25) is 0 Å². The molecule has 0 radical (unpaired) electrons. The Morgan fingerprint density at radius 1 is 0.794 bits per heavy atom. The van der Waals surface area contributed by atoms with Crippen LogP contribution in [0.5, 0.6) is 5.75 Å². The van der Waals surface area contributed by atoms with Crippen LogP contribution < -0.4 is 4.74 Å². The van der Waals surface area contributed by atoms with E-state index in [1.807, 2.05) is 18.2 Å². The number of fused-ring (bicyclic) bond motifs is 1. The van der Waals surface area contributed by atoms with Gasteiger partial charge < -0.3 is 4.74 Å². The number of aryl methyl sites for hydroxylation is 1. The molecule has 0 saturated heterocycles. The molecule has 0 unspecified atom stereocenters. The molecule has 0 spiro atoms. The molecule has 0 bridgehead atoms. The second kappa shape index (κ2) is 10.0. The molecule has 0 saturated carbocycles. The third-order valence-corrected chi connectivity index (χ3v) is 5.38. The fraction of sp³-hybridized carbons (Fsp3) is 0.172. The highest BCUT2D eigenvalue weighted by atomic mass is 19.4. The van der Waals surface area contributed by atoms with Gasteiger partial charge in [-0.05, 0) is 64.9 Å². The molecule has 0 aliphatic carbocycles. The maximum atomic E-state index is 15.1. The van der Waals surface area contributed by atoms with Crippen molar-refractivity contribution in [3.8, 4) is 28.7 Å². The number of halogens is 4. The predicted octanol–water partition coefficient (Wildman–Crippen LogP) is 7.94. The minimum Gasteiger partial charge on any atom is -0.484 e. The first-order chi connectivity index (χ1) is 16.3. The average Bonchev–Trinajstić information content (AvgIpc) is 2.83. The van der Waals surface area contributed by atoms with E-state index in [0.29, 0.717) is 10.9 Å². The predicted molar refractivity (Wildman–Crippen MR) is 127 cm³/mol. The number of rotatable bonds is 5. The largest absolute Gasteiger partial charge is 0.484 e. The lowest BCUT2D eigenvalue weighted by atomic mass is 9.98. The van der Waals surface area contributed by atoms with Crippen molar-refractivity contribution in [3.63, 3.8) is 0 Å². The first-order valence-electron chi connectivity index (χ1n) is 11.0. The summed E-state index contributed by atoms with van der Waals surface area (Å²) in [5.41, 5.74) is 4.18. The molecule has 4 aromatic carbocycles. The van der Waals surface area contributed by atoms with Crippen LogP contribution in [0.4, 0.5) is 17.6 Å². The Bertz CT molecular complexity index is 1340. The normalized spacial score (nSPS) is 11.2. The van der Waals surface area contributed by atoms with Gasteiger partial charge in [-0.25, -0.2) is 4.39 Å². The summed E-state index contributed by atoms with van der Waals surface area (Å²) in [7, 11) is 0. The highest BCUT2D eigenvalue weighted by Gasteiger charge is 2.28. The molecule has 0 aliphatic rings. The molecule has 0 aliphatic heterocycles. The molecule has 1 nitrogen and oxygen atoms in total. The molecule has 0 heterocycles. The lowest BCUT2D eigenvalue weighted by Gasteiger charge is -2.08. The number of hydrogen-bond donors (Lipinski definition) is 0. The topological polar surface area (TPSA) is 9.23 Å². The van der Waals surface area contributed by atoms with Gasteiger partial charge in [0.1, 0.15) is 11.6 Å². The summed E-state index contributed by atoms with van der Waals surface area (Å²) >= 11 is 0. The lowest BCUT2D eigenvalue weighted by Crippen LogP contribution is -2.19. The summed E-state index contributed by atoms with van der Waals surface area (Å²) in [6, 6.07) is 23.4. The Morgan fingerprint density at radius 2 is 1.50 bits per heavy atom. The van der Waals surface area contributed by atoms with E-state index < -0.39 is 18.6 Å². The van der Waals surface area contributed by atoms with Gasteiger partial charge in [0.25, 0.3) is 0 Å². The molecule has 0 amide bonds. The van der Waals surface area contributed by atoms with E-state index in [4.69, 9.17) is 0 Å². The molecule has 0 atom stereocenters. The van der Waals surface area contributed by atoms with Gasteiger partial charge in [0.15, 0.2) is 6.61 Å². The third kappa shape index (κ3) is 5.77. The lowest BCUT2D eigenvalue weighted by molar-refractivity contribution is -0.153. The van der Waals surface area contributed by atoms with Gasteiger partial charge in [-0.3, -0.25) is 0 Å². The molecule has 5 heteroatoms. The van der Waals surface area contributed by atoms with Crippen LogP contribution in [0.3, 0.4) is 0 Å². The zero-order valence-electron chi connectivity index (χ0n) is 18.5. The van der Waals surface area contributed by atoms with Crippen LogP contribution in [-0.2, 0) is 6.42 Å². The van der Waals surface area contributed by atoms with Crippen molar-refractivity contribution in [2.45, 2.75) is 25.9 Å². The van der Waals surface area contributed by atoms with Crippen LogP contribution in [0.1, 0.15) is 30.0 Å². The molecule has 0 aromatic heterocycles. The fourth-order valence-corrected chi connectivity index (χ4v) is 3.66. The maximum absolute atomic E-state index is 15.1. The zero-order valence-corrected chi connectivity index (χ0v) is 18.5. The van der Waals surface area contributed by atoms with Gasteiger partial charge in [-0.15, -0.1) is 0 Å². The minimum atomic E-state index is -4.40. The summed E-state index contributed by atoms with van der Waals surface area (Å²) in [5.74, 6) is 5.36. The van der Waals surface area contributed by atoms with Crippen LogP contribution in [0.25, 0.3) is 21.9 Å². The Morgan fingerprint density at radius 3 is 2.18 bits per heavy atom. The summed E-state index contributed by atoms with van der Waals surface area (Å²) in [5, 5.41) is 1.26. The van der Waals surface area contributed by atoms with E-state index in [9.17, 15) is 13.2 Å². The Hall–Kier alpha value is -3.78. The summed E-state index contributed by atoms with van der Waals surface area (Å²) in [4.78, 5) is 0. The van der Waals surface area contributed by atoms with Crippen molar-refractivity contribution in [2.24, 2.45) is 0 Å². The number of benzene rings is 4. The first-order valence-corrected chi connectivity index (χ1v) is 11.0.